The Morgan fingerprint density at radius 1 is 1.14 bits per heavy atom. The summed E-state index contributed by atoms with van der Waals surface area (Å²) in [6.45, 7) is 2.21. The zero-order chi connectivity index (χ0) is 19.4. The molecule has 1 saturated carbocycles. The van der Waals surface area contributed by atoms with Crippen LogP contribution in [0.2, 0.25) is 0 Å². The van der Waals surface area contributed by atoms with Crippen molar-refractivity contribution in [1.82, 2.24) is 15.5 Å². The molecule has 0 unspecified atom stereocenters. The molecule has 3 aromatic rings. The maximum Gasteiger partial charge on any atom is 0.252 e. The van der Waals surface area contributed by atoms with Crippen LogP contribution in [-0.2, 0) is 12.1 Å². The van der Waals surface area contributed by atoms with Crippen LogP contribution >= 0.6 is 0 Å². The van der Waals surface area contributed by atoms with E-state index in [0.29, 0.717) is 29.6 Å². The number of aromatic nitrogens is 2. The molecule has 0 saturated heterocycles. The van der Waals surface area contributed by atoms with Crippen LogP contribution in [0.5, 0.6) is 5.75 Å². The lowest BCUT2D eigenvalue weighted by Gasteiger charge is -2.26. The van der Waals surface area contributed by atoms with Gasteiger partial charge in [0.05, 0.1) is 0 Å². The number of nitrogens with zero attached hydrogens (tertiary/aromatic N) is 2. The molecule has 1 N–H and O–H groups in total. The minimum absolute atomic E-state index is 0.158. The molecule has 0 spiro atoms. The highest BCUT2D eigenvalue weighted by Gasteiger charge is 2.41. The molecule has 1 amide bonds. The van der Waals surface area contributed by atoms with Gasteiger partial charge in [0.1, 0.15) is 17.9 Å². The molecular formula is C22H23N3O3. The normalized spacial score (nSPS) is 15.3. The predicted octanol–water partition coefficient (Wildman–Crippen LogP) is 4.16. The summed E-state index contributed by atoms with van der Waals surface area (Å²) in [6, 6.07) is 17.2. The molecule has 6 nitrogen and oxygen atoms in total. The van der Waals surface area contributed by atoms with E-state index in [9.17, 15) is 4.79 Å². The fraction of sp³-hybridized carbons (Fsp3) is 0.318. The van der Waals surface area contributed by atoms with E-state index in [1.165, 1.54) is 0 Å². The second kappa shape index (κ2) is 7.84. The number of nitrogens with one attached hydrogen (secondary N) is 1. The van der Waals surface area contributed by atoms with Crippen LogP contribution in [0.3, 0.4) is 0 Å². The second-order valence-corrected chi connectivity index (χ2v) is 7.18. The van der Waals surface area contributed by atoms with Gasteiger partial charge in [0.15, 0.2) is 5.82 Å². The number of hydrogen-bond acceptors (Lipinski definition) is 5. The van der Waals surface area contributed by atoms with E-state index >= 15 is 0 Å². The maximum absolute atomic E-state index is 13.0. The molecule has 2 aromatic carbocycles. The molecule has 0 aliphatic heterocycles. The van der Waals surface area contributed by atoms with Gasteiger partial charge in [-0.25, -0.2) is 0 Å². The molecule has 0 atom stereocenters. The van der Waals surface area contributed by atoms with Crippen LogP contribution < -0.4 is 10.1 Å². The molecule has 144 valence electrons. The van der Waals surface area contributed by atoms with Gasteiger partial charge in [-0.2, -0.15) is 4.98 Å². The van der Waals surface area contributed by atoms with E-state index in [1.807, 2.05) is 42.5 Å². The van der Waals surface area contributed by atoms with Gasteiger partial charge in [-0.05, 0) is 36.6 Å². The first-order chi connectivity index (χ1) is 13.6. The Kier molecular flexibility index (Phi) is 5.10. The van der Waals surface area contributed by atoms with E-state index in [4.69, 9.17) is 9.26 Å². The highest BCUT2D eigenvalue weighted by atomic mass is 16.5. The van der Waals surface area contributed by atoms with E-state index < -0.39 is 5.54 Å². The van der Waals surface area contributed by atoms with Crippen LogP contribution in [0.25, 0.3) is 0 Å². The zero-order valence-corrected chi connectivity index (χ0v) is 15.9. The topological polar surface area (TPSA) is 77.2 Å². The summed E-state index contributed by atoms with van der Waals surface area (Å²) in [5.41, 5.74) is 1.07. The average Bonchev–Trinajstić information content (AvgIpc) is 3.37. The molecule has 4 rings (SSSR count). The molecule has 1 fully saturated rings. The second-order valence-electron chi connectivity index (χ2n) is 7.18. The lowest BCUT2D eigenvalue weighted by molar-refractivity contribution is 0.0891. The van der Waals surface area contributed by atoms with E-state index in [-0.39, 0.29) is 5.91 Å². The van der Waals surface area contributed by atoms with Crippen molar-refractivity contribution in [2.45, 2.75) is 44.8 Å². The molecule has 1 heterocycles. The van der Waals surface area contributed by atoms with Gasteiger partial charge in [0.25, 0.3) is 5.91 Å². The molecule has 28 heavy (non-hydrogen) atoms. The molecule has 0 radical (unpaired) electrons. The summed E-state index contributed by atoms with van der Waals surface area (Å²) >= 11 is 0. The third kappa shape index (κ3) is 3.91. The summed E-state index contributed by atoms with van der Waals surface area (Å²) in [5.74, 6) is 1.57. The van der Waals surface area contributed by atoms with E-state index in [0.717, 1.165) is 31.2 Å². The third-order valence-corrected chi connectivity index (χ3v) is 5.11. The minimum atomic E-state index is -0.560. The minimum Gasteiger partial charge on any atom is -0.489 e. The number of hydrogen-bond donors (Lipinski definition) is 1. The summed E-state index contributed by atoms with van der Waals surface area (Å²) in [5, 5.41) is 7.23. The summed E-state index contributed by atoms with van der Waals surface area (Å²) < 4.78 is 11.0. The molecule has 1 aliphatic rings. The lowest BCUT2D eigenvalue weighted by Crippen LogP contribution is -2.44. The number of rotatable bonds is 6. The first kappa shape index (κ1) is 18.2. The van der Waals surface area contributed by atoms with Gasteiger partial charge in [-0.15, -0.1) is 0 Å². The largest absolute Gasteiger partial charge is 0.489 e. The standard InChI is InChI=1S/C22H23N3O3/c1-16-23-21(25-28-16)22(12-5-6-13-22)24-20(26)18-10-7-11-19(14-18)27-15-17-8-3-2-4-9-17/h2-4,7-11,14H,5-6,12-13,15H2,1H3,(H,24,26). The smallest absolute Gasteiger partial charge is 0.252 e. The van der Waals surface area contributed by atoms with Crippen LogP contribution in [0.15, 0.2) is 59.1 Å². The van der Waals surface area contributed by atoms with Crippen molar-refractivity contribution >= 4 is 5.91 Å². The Balaban J connectivity index is 1.48. The van der Waals surface area contributed by atoms with E-state index in [1.54, 1.807) is 19.1 Å². The Hall–Kier alpha value is -3.15. The van der Waals surface area contributed by atoms with Gasteiger partial charge < -0.3 is 14.6 Å². The van der Waals surface area contributed by atoms with Gasteiger partial charge in [-0.1, -0.05) is 54.4 Å². The quantitative estimate of drug-likeness (QED) is 0.698. The number of benzene rings is 2. The number of carbonyl (C=O) groups is 1. The van der Waals surface area contributed by atoms with Gasteiger partial charge in [0, 0.05) is 12.5 Å². The number of carbonyl (C=O) groups excluding carboxylic acids is 1. The molecular weight excluding hydrogens is 354 g/mol. The maximum atomic E-state index is 13.0. The van der Waals surface area contributed by atoms with Gasteiger partial charge in [-0.3, -0.25) is 4.79 Å². The Bertz CT molecular complexity index is 946. The first-order valence-corrected chi connectivity index (χ1v) is 9.55. The van der Waals surface area contributed by atoms with Crippen LogP contribution in [-0.4, -0.2) is 16.0 Å². The summed E-state index contributed by atoms with van der Waals surface area (Å²) in [6.07, 6.45) is 3.66. The Morgan fingerprint density at radius 3 is 2.64 bits per heavy atom. The van der Waals surface area contributed by atoms with Crippen molar-refractivity contribution in [3.63, 3.8) is 0 Å². The highest BCUT2D eigenvalue weighted by molar-refractivity contribution is 5.95. The fourth-order valence-corrected chi connectivity index (χ4v) is 3.63. The molecule has 6 heteroatoms. The average molecular weight is 377 g/mol. The third-order valence-electron chi connectivity index (χ3n) is 5.11. The van der Waals surface area contributed by atoms with Crippen molar-refractivity contribution in [2.75, 3.05) is 0 Å². The number of amides is 1. The predicted molar refractivity (Wildman–Crippen MR) is 104 cm³/mol. The van der Waals surface area contributed by atoms with Gasteiger partial charge >= 0.3 is 0 Å². The number of aryl methyl sites for hydroxylation is 1. The number of ether oxygens (including phenoxy) is 1. The van der Waals surface area contributed by atoms with Crippen LogP contribution in [0.1, 0.15) is 53.3 Å². The molecule has 1 aliphatic carbocycles. The molecule has 1 aromatic heterocycles. The Morgan fingerprint density at radius 2 is 1.93 bits per heavy atom. The molecule has 0 bridgehead atoms. The fourth-order valence-electron chi connectivity index (χ4n) is 3.63. The van der Waals surface area contributed by atoms with Crippen molar-refractivity contribution < 1.29 is 14.1 Å². The SMILES string of the molecule is Cc1nc(C2(NC(=O)c3cccc(OCc4ccccc4)c3)CCCC2)no1. The van der Waals surface area contributed by atoms with Crippen molar-refractivity contribution in [1.29, 1.82) is 0 Å². The Labute approximate surface area is 163 Å². The summed E-state index contributed by atoms with van der Waals surface area (Å²) in [4.78, 5) is 17.3. The first-order valence-electron chi connectivity index (χ1n) is 9.55. The monoisotopic (exact) mass is 377 g/mol. The van der Waals surface area contributed by atoms with Crippen molar-refractivity contribution in [3.05, 3.63) is 77.4 Å². The lowest BCUT2D eigenvalue weighted by atomic mass is 9.96. The van der Waals surface area contributed by atoms with Crippen molar-refractivity contribution in [3.8, 4) is 5.75 Å². The van der Waals surface area contributed by atoms with Crippen molar-refractivity contribution in [2.24, 2.45) is 0 Å². The highest BCUT2D eigenvalue weighted by Crippen LogP contribution is 2.37. The van der Waals surface area contributed by atoms with E-state index in [2.05, 4.69) is 15.5 Å². The zero-order valence-electron chi connectivity index (χ0n) is 15.9. The summed E-state index contributed by atoms with van der Waals surface area (Å²) in [7, 11) is 0. The van der Waals surface area contributed by atoms with Crippen LogP contribution in [0.4, 0.5) is 0 Å². The van der Waals surface area contributed by atoms with Gasteiger partial charge in [0.2, 0.25) is 5.89 Å². The van der Waals surface area contributed by atoms with Crippen LogP contribution in [0, 0.1) is 6.92 Å².